The first kappa shape index (κ1) is 13.8. The largest absolute Gasteiger partial charge is 0.355 e. The number of hydrogen-bond acceptors (Lipinski definition) is 4. The fourth-order valence-electron chi connectivity index (χ4n) is 1.94. The molecule has 21 heavy (non-hydrogen) atoms. The van der Waals surface area contributed by atoms with Gasteiger partial charge in [-0.05, 0) is 36.2 Å². The van der Waals surface area contributed by atoms with Crippen molar-refractivity contribution in [3.63, 3.8) is 0 Å². The molecule has 3 aromatic rings. The molecule has 0 saturated heterocycles. The zero-order valence-electron chi connectivity index (χ0n) is 11.3. The topological polar surface area (TPSA) is 47.3 Å². The molecule has 0 aliphatic carbocycles. The molecule has 0 radical (unpaired) electrons. The van der Waals surface area contributed by atoms with E-state index in [-0.39, 0.29) is 11.5 Å². The fraction of sp³-hybridized carbons (Fsp3) is 0.133. The maximum absolute atomic E-state index is 13.1. The third-order valence-corrected chi connectivity index (χ3v) is 3.86. The Balaban J connectivity index is 1.88. The highest BCUT2D eigenvalue weighted by Gasteiger charge is 2.05. The van der Waals surface area contributed by atoms with Crippen LogP contribution in [0.2, 0.25) is 0 Å². The quantitative estimate of drug-likeness (QED) is 0.698. The number of aryl methyl sites for hydroxylation is 1. The van der Waals surface area contributed by atoms with Gasteiger partial charge in [-0.1, -0.05) is 30.0 Å². The molecular formula is C15H12FN3OS. The summed E-state index contributed by atoms with van der Waals surface area (Å²) in [5.74, 6) is 0.238. The van der Waals surface area contributed by atoms with Crippen molar-refractivity contribution in [2.24, 2.45) is 0 Å². The summed E-state index contributed by atoms with van der Waals surface area (Å²) in [6.45, 7) is 1.90. The Hall–Kier alpha value is -2.21. The highest BCUT2D eigenvalue weighted by Crippen LogP contribution is 2.19. The van der Waals surface area contributed by atoms with Crippen LogP contribution in [0.3, 0.4) is 0 Å². The smallest absolute Gasteiger partial charge is 0.251 e. The summed E-state index contributed by atoms with van der Waals surface area (Å²) < 4.78 is 14.5. The van der Waals surface area contributed by atoms with Gasteiger partial charge in [0.2, 0.25) is 0 Å². The molecule has 0 N–H and O–H groups in total. The molecule has 0 aliphatic rings. The van der Waals surface area contributed by atoms with E-state index in [1.54, 1.807) is 18.3 Å². The molecule has 0 atom stereocenters. The molecule has 0 unspecified atom stereocenters. The molecular weight excluding hydrogens is 289 g/mol. The van der Waals surface area contributed by atoms with E-state index in [0.29, 0.717) is 16.6 Å². The van der Waals surface area contributed by atoms with Crippen molar-refractivity contribution in [2.75, 3.05) is 0 Å². The minimum atomic E-state index is -0.356. The lowest BCUT2D eigenvalue weighted by Crippen LogP contribution is -2.19. The lowest BCUT2D eigenvalue weighted by atomic mass is 10.2. The Morgan fingerprint density at radius 3 is 2.90 bits per heavy atom. The zero-order valence-corrected chi connectivity index (χ0v) is 12.1. The van der Waals surface area contributed by atoms with Crippen molar-refractivity contribution in [3.05, 3.63) is 70.0 Å². The van der Waals surface area contributed by atoms with Crippen molar-refractivity contribution >= 4 is 17.4 Å². The van der Waals surface area contributed by atoms with E-state index in [4.69, 9.17) is 0 Å². The van der Waals surface area contributed by atoms with Crippen LogP contribution >= 0.6 is 11.8 Å². The molecule has 2 heterocycles. The number of fused-ring (bicyclic) bond motifs is 1. The molecule has 0 spiro atoms. The lowest BCUT2D eigenvalue weighted by Gasteiger charge is -2.04. The van der Waals surface area contributed by atoms with Gasteiger partial charge in [0.05, 0.1) is 0 Å². The Kier molecular flexibility index (Phi) is 3.70. The number of aromatic nitrogens is 3. The first-order valence-electron chi connectivity index (χ1n) is 6.36. The van der Waals surface area contributed by atoms with Crippen LogP contribution in [0.25, 0.3) is 5.65 Å². The van der Waals surface area contributed by atoms with Gasteiger partial charge in [0.1, 0.15) is 11.5 Å². The molecule has 3 rings (SSSR count). The summed E-state index contributed by atoms with van der Waals surface area (Å²) in [6, 6.07) is 10.0. The summed E-state index contributed by atoms with van der Waals surface area (Å²) >= 11 is 1.31. The van der Waals surface area contributed by atoms with Gasteiger partial charge >= 0.3 is 5.69 Å². The van der Waals surface area contributed by atoms with E-state index in [9.17, 15) is 9.18 Å². The van der Waals surface area contributed by atoms with Gasteiger partial charge in [-0.3, -0.25) is 4.40 Å². The number of pyridine rings is 1. The van der Waals surface area contributed by atoms with Crippen molar-refractivity contribution in [1.82, 2.24) is 14.4 Å². The van der Waals surface area contributed by atoms with E-state index in [2.05, 4.69) is 9.97 Å². The van der Waals surface area contributed by atoms with Crippen molar-refractivity contribution in [1.29, 1.82) is 0 Å². The number of hydrogen-bond donors (Lipinski definition) is 0. The molecule has 106 valence electrons. The molecule has 0 amide bonds. The molecule has 0 fully saturated rings. The van der Waals surface area contributed by atoms with Crippen molar-refractivity contribution < 1.29 is 4.39 Å². The second-order valence-corrected chi connectivity index (χ2v) is 5.58. The molecule has 0 aliphatic heterocycles. The summed E-state index contributed by atoms with van der Waals surface area (Å²) in [4.78, 5) is 20.2. The summed E-state index contributed by atoms with van der Waals surface area (Å²) in [5.41, 5.74) is 1.99. The minimum absolute atomic E-state index is 0.275. The van der Waals surface area contributed by atoms with Crippen molar-refractivity contribution in [3.8, 4) is 0 Å². The minimum Gasteiger partial charge on any atom is -0.251 e. The van der Waals surface area contributed by atoms with Crippen LogP contribution in [0.4, 0.5) is 4.39 Å². The Bertz CT molecular complexity index is 863. The second kappa shape index (κ2) is 5.65. The highest BCUT2D eigenvalue weighted by molar-refractivity contribution is 7.98. The number of thioether (sulfide) groups is 1. The van der Waals surface area contributed by atoms with E-state index in [0.717, 1.165) is 11.1 Å². The van der Waals surface area contributed by atoms with E-state index in [1.807, 2.05) is 19.1 Å². The number of nitrogens with zero attached hydrogens (tertiary/aromatic N) is 3. The zero-order chi connectivity index (χ0) is 14.8. The lowest BCUT2D eigenvalue weighted by molar-refractivity contribution is 0.626. The Morgan fingerprint density at radius 1 is 1.24 bits per heavy atom. The molecule has 6 heteroatoms. The van der Waals surface area contributed by atoms with Crippen LogP contribution in [-0.2, 0) is 5.75 Å². The van der Waals surface area contributed by atoms with Gasteiger partial charge in [0.15, 0.2) is 5.16 Å². The molecule has 0 bridgehead atoms. The Morgan fingerprint density at radius 2 is 2.10 bits per heavy atom. The third-order valence-electron chi connectivity index (χ3n) is 2.94. The summed E-state index contributed by atoms with van der Waals surface area (Å²) in [7, 11) is 0. The van der Waals surface area contributed by atoms with E-state index >= 15 is 0 Å². The van der Waals surface area contributed by atoms with Gasteiger partial charge in [-0.25, -0.2) is 14.2 Å². The van der Waals surface area contributed by atoms with Crippen LogP contribution in [-0.4, -0.2) is 14.4 Å². The standard InChI is InChI=1S/C15H12FN3OS/c1-10-5-6-13-17-14(18-15(20)19(13)8-10)21-9-11-3-2-4-12(16)7-11/h2-8H,9H2,1H3. The highest BCUT2D eigenvalue weighted by atomic mass is 32.2. The van der Waals surface area contributed by atoms with Gasteiger partial charge < -0.3 is 0 Å². The monoisotopic (exact) mass is 301 g/mol. The van der Waals surface area contributed by atoms with Crippen LogP contribution in [0.1, 0.15) is 11.1 Å². The second-order valence-electron chi connectivity index (χ2n) is 4.64. The average molecular weight is 301 g/mol. The molecule has 1 aromatic carbocycles. The van der Waals surface area contributed by atoms with Gasteiger partial charge in [0, 0.05) is 11.9 Å². The number of rotatable bonds is 3. The first-order chi connectivity index (χ1) is 10.1. The maximum atomic E-state index is 13.1. The van der Waals surface area contributed by atoms with Crippen LogP contribution in [0, 0.1) is 12.7 Å². The predicted octanol–water partition coefficient (Wildman–Crippen LogP) is 2.83. The Labute approximate surface area is 124 Å². The van der Waals surface area contributed by atoms with E-state index < -0.39 is 0 Å². The van der Waals surface area contributed by atoms with Gasteiger partial charge in [-0.2, -0.15) is 4.98 Å². The van der Waals surface area contributed by atoms with Crippen molar-refractivity contribution in [2.45, 2.75) is 17.8 Å². The fourth-order valence-corrected chi connectivity index (χ4v) is 2.72. The summed E-state index contributed by atoms with van der Waals surface area (Å²) in [5, 5.41) is 0.396. The number of benzene rings is 1. The molecule has 0 saturated carbocycles. The van der Waals surface area contributed by atoms with Gasteiger partial charge in [-0.15, -0.1) is 0 Å². The maximum Gasteiger partial charge on any atom is 0.355 e. The number of halogens is 1. The summed E-state index contributed by atoms with van der Waals surface area (Å²) in [6.07, 6.45) is 1.71. The first-order valence-corrected chi connectivity index (χ1v) is 7.35. The van der Waals surface area contributed by atoms with E-state index in [1.165, 1.54) is 28.3 Å². The predicted molar refractivity (Wildman–Crippen MR) is 80.0 cm³/mol. The van der Waals surface area contributed by atoms with Crippen LogP contribution in [0.15, 0.2) is 52.5 Å². The van der Waals surface area contributed by atoms with Crippen LogP contribution < -0.4 is 5.69 Å². The average Bonchev–Trinajstić information content (AvgIpc) is 2.46. The SMILES string of the molecule is Cc1ccc2nc(SCc3cccc(F)c3)nc(=O)n2c1. The normalized spacial score (nSPS) is 11.0. The van der Waals surface area contributed by atoms with Gasteiger partial charge in [0.25, 0.3) is 0 Å². The third kappa shape index (κ3) is 3.11. The van der Waals surface area contributed by atoms with Crippen LogP contribution in [0.5, 0.6) is 0 Å². The molecule has 4 nitrogen and oxygen atoms in total. The molecule has 2 aromatic heterocycles.